The van der Waals surface area contributed by atoms with E-state index in [1.54, 1.807) is 0 Å². The van der Waals surface area contributed by atoms with Crippen molar-refractivity contribution in [2.24, 2.45) is 5.92 Å². The Morgan fingerprint density at radius 3 is 2.67 bits per heavy atom. The Morgan fingerprint density at radius 1 is 1.07 bits per heavy atom. The predicted molar refractivity (Wildman–Crippen MR) is 121 cm³/mol. The van der Waals surface area contributed by atoms with Gasteiger partial charge in [0, 0.05) is 18.0 Å². The molecule has 0 amide bonds. The zero-order valence-electron chi connectivity index (χ0n) is 17.0. The largest absolute Gasteiger partial charge is 0.379 e. The summed E-state index contributed by atoms with van der Waals surface area (Å²) in [7, 11) is 0. The summed E-state index contributed by atoms with van der Waals surface area (Å²) < 4.78 is 0. The number of imidazole rings is 1. The number of H-pyrrole nitrogens is 2. The molecule has 2 bridgehead atoms. The van der Waals surface area contributed by atoms with Crippen LogP contribution >= 0.6 is 0 Å². The average molecular weight is 399 g/mol. The van der Waals surface area contributed by atoms with Gasteiger partial charge in [-0.15, -0.1) is 0 Å². The number of nitrogens with one attached hydrogen (secondary N) is 3. The van der Waals surface area contributed by atoms with Gasteiger partial charge in [-0.25, -0.2) is 4.98 Å². The summed E-state index contributed by atoms with van der Waals surface area (Å²) in [6.07, 6.45) is 2.44. The molecular formula is C24H25N5O. The molecular weight excluding hydrogens is 374 g/mol. The van der Waals surface area contributed by atoms with Gasteiger partial charge in [0.2, 0.25) is 0 Å². The Morgan fingerprint density at radius 2 is 1.90 bits per heavy atom. The first-order chi connectivity index (χ1) is 14.7. The van der Waals surface area contributed by atoms with Crippen LogP contribution in [0.2, 0.25) is 0 Å². The van der Waals surface area contributed by atoms with Gasteiger partial charge < -0.3 is 20.2 Å². The van der Waals surface area contributed by atoms with Gasteiger partial charge in [-0.1, -0.05) is 30.3 Å². The molecule has 152 valence electrons. The van der Waals surface area contributed by atoms with Gasteiger partial charge in [0.05, 0.1) is 22.2 Å². The molecule has 1 atom stereocenters. The van der Waals surface area contributed by atoms with E-state index in [-0.39, 0.29) is 5.56 Å². The molecule has 6 heteroatoms. The number of hydrogen-bond acceptors (Lipinski definition) is 4. The number of rotatable bonds is 3. The number of aromatic nitrogens is 3. The maximum absolute atomic E-state index is 13.3. The van der Waals surface area contributed by atoms with E-state index in [9.17, 15) is 4.79 Å². The summed E-state index contributed by atoms with van der Waals surface area (Å²) in [6, 6.07) is 14.4. The van der Waals surface area contributed by atoms with Crippen LogP contribution in [0.25, 0.3) is 33.3 Å². The highest BCUT2D eigenvalue weighted by Gasteiger charge is 2.35. The van der Waals surface area contributed by atoms with Gasteiger partial charge >= 0.3 is 0 Å². The SMILES string of the molecule is Cc1cccc2c(N[C@H]3CN4CCC3CC4)c(-c3nc4ccccc4[nH]3)c(=O)[nH]c12. The van der Waals surface area contributed by atoms with E-state index in [0.29, 0.717) is 23.3 Å². The molecule has 5 heterocycles. The summed E-state index contributed by atoms with van der Waals surface area (Å²) >= 11 is 0. The van der Waals surface area contributed by atoms with Crippen molar-refractivity contribution in [3.8, 4) is 11.4 Å². The van der Waals surface area contributed by atoms with Crippen LogP contribution in [-0.4, -0.2) is 45.5 Å². The number of anilines is 1. The van der Waals surface area contributed by atoms with Crippen LogP contribution in [0.15, 0.2) is 47.3 Å². The Kier molecular flexibility index (Phi) is 3.96. The molecule has 3 aliphatic heterocycles. The lowest BCUT2D eigenvalue weighted by molar-refractivity contribution is 0.0976. The van der Waals surface area contributed by atoms with Crippen LogP contribution in [0.5, 0.6) is 0 Å². The number of para-hydroxylation sites is 3. The number of pyridine rings is 1. The zero-order valence-corrected chi connectivity index (χ0v) is 17.0. The van der Waals surface area contributed by atoms with Gasteiger partial charge in [0.15, 0.2) is 0 Å². The second kappa shape index (κ2) is 6.71. The smallest absolute Gasteiger partial charge is 0.261 e. The highest BCUT2D eigenvalue weighted by molar-refractivity contribution is 6.00. The number of hydrogen-bond donors (Lipinski definition) is 3. The van der Waals surface area contributed by atoms with Gasteiger partial charge in [0.25, 0.3) is 5.56 Å². The van der Waals surface area contributed by atoms with Crippen LogP contribution in [-0.2, 0) is 0 Å². The lowest BCUT2D eigenvalue weighted by Crippen LogP contribution is -2.53. The van der Waals surface area contributed by atoms with Crippen LogP contribution in [0.4, 0.5) is 5.69 Å². The summed E-state index contributed by atoms with van der Waals surface area (Å²) in [5.41, 5.74) is 5.15. The molecule has 2 aromatic carbocycles. The first-order valence-electron chi connectivity index (χ1n) is 10.8. The summed E-state index contributed by atoms with van der Waals surface area (Å²) in [6.45, 7) is 5.45. The molecule has 0 spiro atoms. The van der Waals surface area contributed by atoms with Crippen LogP contribution in [0, 0.1) is 12.8 Å². The van der Waals surface area contributed by atoms with Gasteiger partial charge in [-0.3, -0.25) is 4.79 Å². The fraction of sp³-hybridized carbons (Fsp3) is 0.333. The molecule has 0 saturated carbocycles. The monoisotopic (exact) mass is 399 g/mol. The Hall–Kier alpha value is -3.12. The maximum atomic E-state index is 13.3. The van der Waals surface area contributed by atoms with Crippen molar-refractivity contribution in [3.63, 3.8) is 0 Å². The standard InChI is InChI=1S/C24H25N5O/c1-14-5-4-6-16-21(14)28-24(30)20(23-26-17-7-2-3-8-18(17)27-23)22(16)25-19-13-29-11-9-15(19)10-12-29/h2-8,15,19H,9-13H2,1H3,(H,26,27)(H2,25,28,30)/t19-/m0/s1. The van der Waals surface area contributed by atoms with E-state index >= 15 is 0 Å². The molecule has 2 aromatic heterocycles. The zero-order chi connectivity index (χ0) is 20.2. The topological polar surface area (TPSA) is 76.8 Å². The first kappa shape index (κ1) is 17.7. The average Bonchev–Trinajstić information content (AvgIpc) is 3.19. The van der Waals surface area contributed by atoms with Gasteiger partial charge in [0.1, 0.15) is 11.4 Å². The Balaban J connectivity index is 1.57. The van der Waals surface area contributed by atoms with E-state index in [0.717, 1.165) is 39.7 Å². The minimum absolute atomic E-state index is 0.111. The second-order valence-electron chi connectivity index (χ2n) is 8.69. The van der Waals surface area contributed by atoms with Crippen molar-refractivity contribution in [2.45, 2.75) is 25.8 Å². The number of benzene rings is 2. The molecule has 3 aliphatic rings. The van der Waals surface area contributed by atoms with Crippen LogP contribution in [0.1, 0.15) is 18.4 Å². The van der Waals surface area contributed by atoms with Crippen molar-refractivity contribution >= 4 is 27.6 Å². The number of piperidine rings is 3. The Labute approximate surface area is 174 Å². The van der Waals surface area contributed by atoms with Crippen molar-refractivity contribution < 1.29 is 0 Å². The molecule has 30 heavy (non-hydrogen) atoms. The molecule has 3 fully saturated rings. The highest BCUT2D eigenvalue weighted by Crippen LogP contribution is 2.36. The van der Waals surface area contributed by atoms with Gasteiger partial charge in [-0.2, -0.15) is 0 Å². The van der Waals surface area contributed by atoms with Crippen molar-refractivity contribution in [3.05, 3.63) is 58.4 Å². The quantitative estimate of drug-likeness (QED) is 0.489. The molecule has 0 aliphatic carbocycles. The fourth-order valence-electron chi connectivity index (χ4n) is 5.23. The summed E-state index contributed by atoms with van der Waals surface area (Å²) in [5.74, 6) is 1.27. The molecule has 7 rings (SSSR count). The third kappa shape index (κ3) is 2.75. The van der Waals surface area contributed by atoms with E-state index in [1.165, 1.54) is 25.9 Å². The third-order valence-corrected chi connectivity index (χ3v) is 6.87. The lowest BCUT2D eigenvalue weighted by atomic mass is 9.83. The Bertz CT molecular complexity index is 1280. The molecule has 0 unspecified atom stereocenters. The molecule has 0 radical (unpaired) electrons. The van der Waals surface area contributed by atoms with Crippen LogP contribution < -0.4 is 10.9 Å². The molecule has 3 saturated heterocycles. The number of nitrogens with zero attached hydrogens (tertiary/aromatic N) is 2. The number of aryl methyl sites for hydroxylation is 1. The molecule has 4 aromatic rings. The predicted octanol–water partition coefficient (Wildman–Crippen LogP) is 3.89. The molecule has 6 nitrogen and oxygen atoms in total. The van der Waals surface area contributed by atoms with E-state index in [4.69, 9.17) is 4.98 Å². The number of fused-ring (bicyclic) bond motifs is 5. The molecule has 3 N–H and O–H groups in total. The van der Waals surface area contributed by atoms with E-state index < -0.39 is 0 Å². The minimum atomic E-state index is -0.111. The maximum Gasteiger partial charge on any atom is 0.261 e. The fourth-order valence-corrected chi connectivity index (χ4v) is 5.23. The van der Waals surface area contributed by atoms with Gasteiger partial charge in [-0.05, 0) is 56.5 Å². The summed E-state index contributed by atoms with van der Waals surface area (Å²) in [5, 5.41) is 4.86. The third-order valence-electron chi connectivity index (χ3n) is 6.87. The number of aromatic amines is 2. The van der Waals surface area contributed by atoms with E-state index in [1.807, 2.05) is 37.3 Å². The van der Waals surface area contributed by atoms with Crippen molar-refractivity contribution in [1.82, 2.24) is 19.9 Å². The minimum Gasteiger partial charge on any atom is -0.379 e. The second-order valence-corrected chi connectivity index (χ2v) is 8.69. The first-order valence-corrected chi connectivity index (χ1v) is 10.8. The normalized spacial score (nSPS) is 23.3. The van der Waals surface area contributed by atoms with E-state index in [2.05, 4.69) is 32.3 Å². The van der Waals surface area contributed by atoms with Crippen molar-refractivity contribution in [2.75, 3.05) is 25.0 Å². The lowest BCUT2D eigenvalue weighted by Gasteiger charge is -2.45. The van der Waals surface area contributed by atoms with Crippen LogP contribution in [0.3, 0.4) is 0 Å². The highest BCUT2D eigenvalue weighted by atomic mass is 16.1. The summed E-state index contributed by atoms with van der Waals surface area (Å²) in [4.78, 5) is 27.1. The van der Waals surface area contributed by atoms with Crippen molar-refractivity contribution in [1.29, 1.82) is 0 Å².